The number of nitrogens with one attached hydrogen (secondary N) is 1. The number of rotatable bonds is 11. The number of amides is 1. The van der Waals surface area contributed by atoms with Gasteiger partial charge in [0.15, 0.2) is 0 Å². The van der Waals surface area contributed by atoms with Crippen LogP contribution in [0.1, 0.15) is 52.7 Å². The average Bonchev–Trinajstić information content (AvgIpc) is 2.96. The van der Waals surface area contributed by atoms with Gasteiger partial charge in [0.25, 0.3) is 5.91 Å². The Balaban J connectivity index is 1.53. The van der Waals surface area contributed by atoms with Crippen molar-refractivity contribution >= 4 is 45.4 Å². The number of fused-ring (bicyclic) bond motifs is 1. The summed E-state index contributed by atoms with van der Waals surface area (Å²) in [5, 5.41) is 3.64. The molecule has 0 unspecified atom stereocenters. The van der Waals surface area contributed by atoms with E-state index in [9.17, 15) is 9.59 Å². The maximum atomic E-state index is 13.4. The lowest BCUT2D eigenvalue weighted by molar-refractivity contribution is 0.0475. The van der Waals surface area contributed by atoms with E-state index in [4.69, 9.17) is 18.9 Å². The molecule has 0 aliphatic rings. The molecular weight excluding hydrogens is 647 g/mol. The van der Waals surface area contributed by atoms with Gasteiger partial charge in [-0.2, -0.15) is 0 Å². The van der Waals surface area contributed by atoms with Gasteiger partial charge in [-0.3, -0.25) is 4.79 Å². The average molecular weight is 683 g/mol. The molecule has 3 aromatic carbocycles. The summed E-state index contributed by atoms with van der Waals surface area (Å²) in [7, 11) is 3.18. The van der Waals surface area contributed by atoms with Crippen LogP contribution < -0.4 is 14.8 Å². The van der Waals surface area contributed by atoms with E-state index in [1.165, 1.54) is 6.07 Å². The summed E-state index contributed by atoms with van der Waals surface area (Å²) in [5.74, 6) is 0.545. The lowest BCUT2D eigenvalue weighted by Crippen LogP contribution is -2.40. The Morgan fingerprint density at radius 1 is 0.905 bits per heavy atom. The third-order valence-corrected chi connectivity index (χ3v) is 6.96. The third kappa shape index (κ3) is 8.65. The van der Waals surface area contributed by atoms with Crippen LogP contribution >= 0.6 is 22.6 Å². The Hall–Kier alpha value is -3.70. The summed E-state index contributed by atoms with van der Waals surface area (Å²) in [5.41, 5.74) is 2.46. The van der Waals surface area contributed by atoms with Gasteiger partial charge in [0.05, 0.1) is 30.8 Å². The van der Waals surface area contributed by atoms with Gasteiger partial charge >= 0.3 is 5.97 Å². The summed E-state index contributed by atoms with van der Waals surface area (Å²) in [6.45, 7) is 6.37. The van der Waals surface area contributed by atoms with Gasteiger partial charge in [0, 0.05) is 16.1 Å². The van der Waals surface area contributed by atoms with Crippen LogP contribution in [0, 0.1) is 3.57 Å². The number of hydrogen-bond donors (Lipinski definition) is 1. The molecule has 1 heterocycles. The SMILES string of the molecule is COC[C@H](Cc1ccc(OC(C)(C)C)cc1)NC(=O)c1cc(C(=O)OCc2ccc(OC)cc2)c2cc(I)ccc2n1. The molecule has 0 spiro atoms. The van der Waals surface area contributed by atoms with E-state index in [1.807, 2.05) is 69.3 Å². The van der Waals surface area contributed by atoms with Crippen LogP contribution in [-0.4, -0.2) is 49.3 Å². The number of esters is 1. The molecule has 0 saturated heterocycles. The van der Waals surface area contributed by atoms with Crippen molar-refractivity contribution in [3.05, 3.63) is 98.8 Å². The lowest BCUT2D eigenvalue weighted by Gasteiger charge is -2.22. The second-order valence-corrected chi connectivity index (χ2v) is 12.1. The largest absolute Gasteiger partial charge is 0.497 e. The topological polar surface area (TPSA) is 96.0 Å². The first-order valence-electron chi connectivity index (χ1n) is 13.5. The van der Waals surface area contributed by atoms with E-state index >= 15 is 0 Å². The van der Waals surface area contributed by atoms with Gasteiger partial charge in [0.1, 0.15) is 29.4 Å². The van der Waals surface area contributed by atoms with E-state index in [-0.39, 0.29) is 29.5 Å². The van der Waals surface area contributed by atoms with E-state index < -0.39 is 11.9 Å². The van der Waals surface area contributed by atoms with E-state index in [0.29, 0.717) is 29.7 Å². The second-order valence-electron chi connectivity index (χ2n) is 10.8. The number of benzene rings is 3. The van der Waals surface area contributed by atoms with Crippen LogP contribution in [-0.2, 0) is 22.5 Å². The molecule has 0 fully saturated rings. The first-order chi connectivity index (χ1) is 20.0. The maximum absolute atomic E-state index is 13.4. The van der Waals surface area contributed by atoms with Crippen molar-refractivity contribution < 1.29 is 28.5 Å². The molecule has 9 heteroatoms. The predicted octanol–water partition coefficient (Wildman–Crippen LogP) is 6.37. The minimum atomic E-state index is -0.541. The summed E-state index contributed by atoms with van der Waals surface area (Å²) in [6, 6.07) is 21.8. The number of hydrogen-bond acceptors (Lipinski definition) is 7. The molecule has 220 valence electrons. The molecule has 0 aliphatic carbocycles. The second kappa shape index (κ2) is 14.0. The number of methoxy groups -OCH3 is 2. The van der Waals surface area contributed by atoms with Crippen LogP contribution in [0.4, 0.5) is 0 Å². The first-order valence-corrected chi connectivity index (χ1v) is 14.6. The first kappa shape index (κ1) is 31.2. The molecule has 1 aromatic heterocycles. The maximum Gasteiger partial charge on any atom is 0.339 e. The number of carbonyl (C=O) groups excluding carboxylic acids is 2. The number of pyridine rings is 1. The van der Waals surface area contributed by atoms with Crippen LogP contribution in [0.3, 0.4) is 0 Å². The van der Waals surface area contributed by atoms with Gasteiger partial charge in [-0.25, -0.2) is 9.78 Å². The number of halogens is 1. The summed E-state index contributed by atoms with van der Waals surface area (Å²) >= 11 is 2.18. The van der Waals surface area contributed by atoms with Crippen molar-refractivity contribution in [2.24, 2.45) is 0 Å². The third-order valence-electron chi connectivity index (χ3n) is 6.28. The standard InChI is InChI=1S/C33H35IN2O6/c1-33(2,3)42-26-13-6-21(7-14-26)16-24(20-39-4)35-31(37)30-18-28(27-17-23(34)10-15-29(27)36-30)32(38)41-19-22-8-11-25(40-5)12-9-22/h6-15,17-18,24H,16,19-20H2,1-5H3,(H,35,37)/t24-/m0/s1. The Bertz CT molecular complexity index is 1530. The van der Waals surface area contributed by atoms with E-state index in [1.54, 1.807) is 32.4 Å². The fourth-order valence-corrected chi connectivity index (χ4v) is 4.87. The highest BCUT2D eigenvalue weighted by Crippen LogP contribution is 2.24. The Morgan fingerprint density at radius 3 is 2.21 bits per heavy atom. The monoisotopic (exact) mass is 682 g/mol. The zero-order chi connectivity index (χ0) is 30.3. The van der Waals surface area contributed by atoms with Gasteiger partial charge in [-0.1, -0.05) is 24.3 Å². The van der Waals surface area contributed by atoms with Gasteiger partial charge in [-0.05, 0) is 109 Å². The van der Waals surface area contributed by atoms with Crippen LogP contribution in [0.5, 0.6) is 11.5 Å². The number of nitrogens with zero attached hydrogens (tertiary/aromatic N) is 1. The Labute approximate surface area is 259 Å². The van der Waals surface area contributed by atoms with Gasteiger partial charge in [0.2, 0.25) is 0 Å². The molecule has 42 heavy (non-hydrogen) atoms. The molecule has 0 aliphatic heterocycles. The molecule has 8 nitrogen and oxygen atoms in total. The minimum absolute atomic E-state index is 0.0770. The summed E-state index contributed by atoms with van der Waals surface area (Å²) < 4.78 is 23.1. The zero-order valence-electron chi connectivity index (χ0n) is 24.4. The lowest BCUT2D eigenvalue weighted by atomic mass is 10.0. The molecule has 4 rings (SSSR count). The van der Waals surface area contributed by atoms with Crippen LogP contribution in [0.2, 0.25) is 0 Å². The van der Waals surface area contributed by atoms with Crippen molar-refractivity contribution in [3.8, 4) is 11.5 Å². The zero-order valence-corrected chi connectivity index (χ0v) is 26.6. The highest BCUT2D eigenvalue weighted by atomic mass is 127. The normalized spacial score (nSPS) is 12.0. The van der Waals surface area contributed by atoms with E-state index in [0.717, 1.165) is 20.4 Å². The fourth-order valence-electron chi connectivity index (χ4n) is 4.38. The molecule has 0 radical (unpaired) electrons. The van der Waals surface area contributed by atoms with Crippen molar-refractivity contribution in [1.82, 2.24) is 10.3 Å². The fraction of sp³-hybridized carbons (Fsp3) is 0.303. The van der Waals surface area contributed by atoms with E-state index in [2.05, 4.69) is 32.9 Å². The highest BCUT2D eigenvalue weighted by molar-refractivity contribution is 14.1. The smallest absolute Gasteiger partial charge is 0.339 e. The van der Waals surface area contributed by atoms with Crippen molar-refractivity contribution in [1.29, 1.82) is 0 Å². The summed E-state index contributed by atoms with van der Waals surface area (Å²) in [6.07, 6.45) is 0.540. The van der Waals surface area contributed by atoms with Crippen molar-refractivity contribution in [2.45, 2.75) is 45.4 Å². The number of carbonyl (C=O) groups is 2. The molecule has 1 amide bonds. The predicted molar refractivity (Wildman–Crippen MR) is 170 cm³/mol. The highest BCUT2D eigenvalue weighted by Gasteiger charge is 2.21. The number of ether oxygens (including phenoxy) is 4. The molecule has 0 bridgehead atoms. The number of aromatic nitrogens is 1. The minimum Gasteiger partial charge on any atom is -0.497 e. The molecule has 1 N–H and O–H groups in total. The van der Waals surface area contributed by atoms with Gasteiger partial charge < -0.3 is 24.3 Å². The molecule has 4 aromatic rings. The Morgan fingerprint density at radius 2 is 1.57 bits per heavy atom. The van der Waals surface area contributed by atoms with Crippen molar-refractivity contribution in [3.63, 3.8) is 0 Å². The Kier molecular flexibility index (Phi) is 10.4. The molecule has 1 atom stereocenters. The quantitative estimate of drug-likeness (QED) is 0.145. The molecular formula is C33H35IN2O6. The van der Waals surface area contributed by atoms with Crippen LogP contribution in [0.15, 0.2) is 72.8 Å². The van der Waals surface area contributed by atoms with Crippen molar-refractivity contribution in [2.75, 3.05) is 20.8 Å². The van der Waals surface area contributed by atoms with Crippen LogP contribution in [0.25, 0.3) is 10.9 Å². The summed E-state index contributed by atoms with van der Waals surface area (Å²) in [4.78, 5) is 31.3. The molecule has 0 saturated carbocycles. The van der Waals surface area contributed by atoms with Gasteiger partial charge in [-0.15, -0.1) is 0 Å².